The quantitative estimate of drug-likeness (QED) is 0.756. The van der Waals surface area contributed by atoms with Crippen LogP contribution in [0.15, 0.2) is 12.2 Å². The molecular weight excluding hydrogens is 246 g/mol. The fraction of sp³-hybridized carbons (Fsp3) is 0.714. The van der Waals surface area contributed by atoms with Gasteiger partial charge in [0.15, 0.2) is 0 Å². The van der Waals surface area contributed by atoms with Crippen LogP contribution in [0.25, 0.3) is 0 Å². The Hall–Kier alpha value is -1.52. The van der Waals surface area contributed by atoms with Crippen LogP contribution >= 0.6 is 0 Å². The van der Waals surface area contributed by atoms with Crippen molar-refractivity contribution in [1.82, 2.24) is 5.32 Å². The van der Waals surface area contributed by atoms with Crippen molar-refractivity contribution < 1.29 is 19.4 Å². The Balaban J connectivity index is 2.67. The molecule has 1 rings (SSSR count). The minimum Gasteiger partial charge on any atom is -0.481 e. The van der Waals surface area contributed by atoms with Crippen LogP contribution in [-0.2, 0) is 9.53 Å². The molecule has 0 fully saturated rings. The highest BCUT2D eigenvalue weighted by Gasteiger charge is 2.30. The second-order valence-corrected chi connectivity index (χ2v) is 5.82. The molecule has 0 spiro atoms. The molecule has 108 valence electrons. The molecular formula is C14H23NO4. The van der Waals surface area contributed by atoms with Gasteiger partial charge in [0.1, 0.15) is 5.60 Å². The predicted molar refractivity (Wildman–Crippen MR) is 71.9 cm³/mol. The standard InChI is InChI=1S/C14H23NO4/c1-14(2,3)19-13(18)15-11-9-7-5-4-6-8-10(11)12(16)17/h4-5,10-11H,6-9H2,1-3H3,(H,15,18)(H,16,17)/b5-4-/t10-,11+/m0/s1. The van der Waals surface area contributed by atoms with Crippen molar-refractivity contribution in [1.29, 1.82) is 0 Å². The number of alkyl carbamates (subject to hydrolysis) is 1. The van der Waals surface area contributed by atoms with Crippen LogP contribution in [0.5, 0.6) is 0 Å². The number of carboxylic acids is 1. The average Bonchev–Trinajstić information content (AvgIpc) is 2.18. The largest absolute Gasteiger partial charge is 0.481 e. The molecule has 0 saturated heterocycles. The minimum atomic E-state index is -0.864. The van der Waals surface area contributed by atoms with Gasteiger partial charge < -0.3 is 15.2 Å². The molecule has 0 bridgehead atoms. The van der Waals surface area contributed by atoms with Gasteiger partial charge in [-0.1, -0.05) is 12.2 Å². The Morgan fingerprint density at radius 3 is 2.32 bits per heavy atom. The van der Waals surface area contributed by atoms with Gasteiger partial charge in [0.25, 0.3) is 0 Å². The zero-order valence-corrected chi connectivity index (χ0v) is 11.8. The summed E-state index contributed by atoms with van der Waals surface area (Å²) in [5.41, 5.74) is -0.579. The van der Waals surface area contributed by atoms with E-state index in [4.69, 9.17) is 4.74 Å². The molecule has 2 N–H and O–H groups in total. The number of aliphatic carboxylic acids is 1. The van der Waals surface area contributed by atoms with Crippen molar-refractivity contribution in [2.75, 3.05) is 0 Å². The van der Waals surface area contributed by atoms with Crippen molar-refractivity contribution in [2.24, 2.45) is 5.92 Å². The third-order valence-corrected chi connectivity index (χ3v) is 2.96. The number of carbonyl (C=O) groups is 2. The second-order valence-electron chi connectivity index (χ2n) is 5.82. The maximum atomic E-state index is 11.7. The first-order chi connectivity index (χ1) is 8.79. The van der Waals surface area contributed by atoms with Crippen molar-refractivity contribution in [3.05, 3.63) is 12.2 Å². The van der Waals surface area contributed by atoms with Crippen LogP contribution in [0.1, 0.15) is 46.5 Å². The SMILES string of the molecule is CC(C)(C)OC(=O)N[C@@H]1CC/C=C\CC[C@@H]1C(=O)O. The van der Waals surface area contributed by atoms with E-state index < -0.39 is 23.6 Å². The van der Waals surface area contributed by atoms with Gasteiger partial charge in [-0.05, 0) is 46.5 Å². The van der Waals surface area contributed by atoms with Crippen LogP contribution in [0, 0.1) is 5.92 Å². The normalized spacial score (nSPS) is 25.8. The molecule has 0 unspecified atom stereocenters. The molecule has 5 nitrogen and oxygen atoms in total. The molecule has 0 aliphatic heterocycles. The molecule has 2 atom stereocenters. The summed E-state index contributed by atoms with van der Waals surface area (Å²) in [5.74, 6) is -1.42. The van der Waals surface area contributed by atoms with E-state index in [1.807, 2.05) is 12.2 Å². The average molecular weight is 269 g/mol. The summed E-state index contributed by atoms with van der Waals surface area (Å²) >= 11 is 0. The maximum Gasteiger partial charge on any atom is 0.407 e. The van der Waals surface area contributed by atoms with Gasteiger partial charge in [-0.2, -0.15) is 0 Å². The second kappa shape index (κ2) is 6.59. The van der Waals surface area contributed by atoms with E-state index in [2.05, 4.69) is 5.32 Å². The number of nitrogens with one attached hydrogen (secondary N) is 1. The van der Waals surface area contributed by atoms with E-state index in [0.717, 1.165) is 12.8 Å². The number of carboxylic acid groups (broad SMARTS) is 1. The van der Waals surface area contributed by atoms with Gasteiger partial charge in [0.2, 0.25) is 0 Å². The third kappa shape index (κ3) is 5.77. The summed E-state index contributed by atoms with van der Waals surface area (Å²) in [5, 5.41) is 12.0. The molecule has 19 heavy (non-hydrogen) atoms. The molecule has 0 saturated carbocycles. The van der Waals surface area contributed by atoms with Gasteiger partial charge in [-0.25, -0.2) is 4.79 Å². The van der Waals surface area contributed by atoms with Crippen LogP contribution in [-0.4, -0.2) is 28.8 Å². The highest BCUT2D eigenvalue weighted by molar-refractivity contribution is 5.73. The summed E-state index contributed by atoms with van der Waals surface area (Å²) < 4.78 is 5.18. The number of carbonyl (C=O) groups excluding carboxylic acids is 1. The highest BCUT2D eigenvalue weighted by atomic mass is 16.6. The van der Waals surface area contributed by atoms with Crippen molar-refractivity contribution in [3.8, 4) is 0 Å². The molecule has 0 heterocycles. The summed E-state index contributed by atoms with van der Waals surface area (Å²) in [7, 11) is 0. The first-order valence-electron chi connectivity index (χ1n) is 6.67. The Kier molecular flexibility index (Phi) is 5.39. The molecule has 0 aromatic rings. The van der Waals surface area contributed by atoms with Gasteiger partial charge in [0.05, 0.1) is 5.92 Å². The molecule has 1 amide bonds. The van der Waals surface area contributed by atoms with Gasteiger partial charge in [0, 0.05) is 6.04 Å². The first-order valence-corrected chi connectivity index (χ1v) is 6.67. The third-order valence-electron chi connectivity index (χ3n) is 2.96. The Morgan fingerprint density at radius 2 is 1.79 bits per heavy atom. The lowest BCUT2D eigenvalue weighted by molar-refractivity contribution is -0.143. The summed E-state index contributed by atoms with van der Waals surface area (Å²) in [6, 6.07) is -0.378. The molecule has 0 aromatic carbocycles. The van der Waals surface area contributed by atoms with Crippen LogP contribution < -0.4 is 5.32 Å². The predicted octanol–water partition coefficient (Wildman–Crippen LogP) is 2.71. The highest BCUT2D eigenvalue weighted by Crippen LogP contribution is 2.20. The Labute approximate surface area is 114 Å². The van der Waals surface area contributed by atoms with E-state index in [1.54, 1.807) is 20.8 Å². The van der Waals surface area contributed by atoms with Gasteiger partial charge in [-0.3, -0.25) is 4.79 Å². The molecule has 0 radical (unpaired) electrons. The summed E-state index contributed by atoms with van der Waals surface area (Å²) in [4.78, 5) is 23.0. The van der Waals surface area contributed by atoms with Crippen LogP contribution in [0.4, 0.5) is 4.79 Å². The van der Waals surface area contributed by atoms with Crippen molar-refractivity contribution >= 4 is 12.1 Å². The minimum absolute atomic E-state index is 0.378. The topological polar surface area (TPSA) is 75.6 Å². The number of hydrogen-bond acceptors (Lipinski definition) is 3. The van der Waals surface area contributed by atoms with Crippen LogP contribution in [0.3, 0.4) is 0 Å². The molecule has 5 heteroatoms. The fourth-order valence-corrected chi connectivity index (χ4v) is 2.12. The lowest BCUT2D eigenvalue weighted by Crippen LogP contribution is -2.45. The summed E-state index contributed by atoms with van der Waals surface area (Å²) in [6.07, 6.45) is 6.13. The smallest absolute Gasteiger partial charge is 0.407 e. The van der Waals surface area contributed by atoms with E-state index in [-0.39, 0.29) is 6.04 Å². The van der Waals surface area contributed by atoms with E-state index in [0.29, 0.717) is 12.8 Å². The van der Waals surface area contributed by atoms with Gasteiger partial charge in [-0.15, -0.1) is 0 Å². The Morgan fingerprint density at radius 1 is 1.21 bits per heavy atom. The molecule has 0 aromatic heterocycles. The zero-order chi connectivity index (χ0) is 14.5. The lowest BCUT2D eigenvalue weighted by Gasteiger charge is -2.27. The van der Waals surface area contributed by atoms with E-state index in [9.17, 15) is 14.7 Å². The van der Waals surface area contributed by atoms with Crippen LogP contribution in [0.2, 0.25) is 0 Å². The number of ether oxygens (including phenoxy) is 1. The van der Waals surface area contributed by atoms with Crippen molar-refractivity contribution in [3.63, 3.8) is 0 Å². The van der Waals surface area contributed by atoms with E-state index in [1.165, 1.54) is 0 Å². The number of amides is 1. The molecule has 1 aliphatic carbocycles. The lowest BCUT2D eigenvalue weighted by atomic mass is 9.89. The van der Waals surface area contributed by atoms with Gasteiger partial charge >= 0.3 is 12.1 Å². The van der Waals surface area contributed by atoms with Crippen molar-refractivity contribution in [2.45, 2.75) is 58.1 Å². The number of hydrogen-bond donors (Lipinski definition) is 2. The molecule has 1 aliphatic rings. The summed E-state index contributed by atoms with van der Waals surface area (Å²) in [6.45, 7) is 5.34. The first kappa shape index (κ1) is 15.5. The number of rotatable bonds is 2. The Bertz CT molecular complexity index is 357. The monoisotopic (exact) mass is 269 g/mol. The maximum absolute atomic E-state index is 11.7. The van der Waals surface area contributed by atoms with E-state index >= 15 is 0 Å². The fourth-order valence-electron chi connectivity index (χ4n) is 2.12. The number of allylic oxidation sites excluding steroid dienone is 2. The zero-order valence-electron chi connectivity index (χ0n) is 11.8.